The fourth-order valence-electron chi connectivity index (χ4n) is 3.56. The minimum Gasteiger partial charge on any atom is -0.295 e. The van der Waals surface area contributed by atoms with Crippen molar-refractivity contribution in [3.8, 4) is 0 Å². The molecular formula is C19H21IN2O4. The van der Waals surface area contributed by atoms with Crippen molar-refractivity contribution in [1.29, 1.82) is 0 Å². The zero-order valence-electron chi connectivity index (χ0n) is 14.4. The highest BCUT2D eigenvalue weighted by atomic mass is 127. The van der Waals surface area contributed by atoms with Gasteiger partial charge in [-0.15, -0.1) is 0 Å². The summed E-state index contributed by atoms with van der Waals surface area (Å²) in [5.41, 5.74) is 1.66. The number of nitrogens with zero attached hydrogens (tertiary/aromatic N) is 1. The Kier molecular flexibility index (Phi) is 6.05. The Morgan fingerprint density at radius 3 is 2.54 bits per heavy atom. The smallest absolute Gasteiger partial charge is 0.262 e. The monoisotopic (exact) mass is 468 g/mol. The lowest BCUT2D eigenvalue weighted by Crippen LogP contribution is -2.54. The van der Waals surface area contributed by atoms with Crippen molar-refractivity contribution in [3.05, 3.63) is 34.9 Å². The van der Waals surface area contributed by atoms with Crippen LogP contribution in [0.2, 0.25) is 0 Å². The van der Waals surface area contributed by atoms with Crippen LogP contribution in [-0.4, -0.2) is 39.0 Å². The van der Waals surface area contributed by atoms with Crippen LogP contribution in [0.5, 0.6) is 0 Å². The van der Waals surface area contributed by atoms with Crippen molar-refractivity contribution in [1.82, 2.24) is 10.2 Å². The summed E-state index contributed by atoms with van der Waals surface area (Å²) in [5, 5.41) is 2.22. The Morgan fingerprint density at radius 1 is 1.04 bits per heavy atom. The molecule has 2 aliphatic heterocycles. The first-order valence-corrected chi connectivity index (χ1v) is 10.5. The number of fused-ring (bicyclic) bond motifs is 1. The Bertz CT molecular complexity index is 762. The van der Waals surface area contributed by atoms with Crippen LogP contribution in [0.25, 0.3) is 0 Å². The Balaban J connectivity index is 1.78. The van der Waals surface area contributed by atoms with Crippen LogP contribution in [-0.2, 0) is 16.0 Å². The highest BCUT2D eigenvalue weighted by Gasteiger charge is 2.45. The van der Waals surface area contributed by atoms with Crippen LogP contribution >= 0.6 is 22.6 Å². The van der Waals surface area contributed by atoms with Crippen LogP contribution in [0.1, 0.15) is 64.8 Å². The van der Waals surface area contributed by atoms with Gasteiger partial charge in [-0.05, 0) is 41.7 Å². The Morgan fingerprint density at radius 2 is 1.81 bits per heavy atom. The maximum absolute atomic E-state index is 12.9. The number of unbranched alkanes of at least 4 members (excludes halogenated alkanes) is 3. The van der Waals surface area contributed by atoms with Gasteiger partial charge in [0.2, 0.25) is 11.8 Å². The molecule has 3 rings (SSSR count). The normalized spacial score (nSPS) is 19.7. The molecule has 0 spiro atoms. The molecule has 1 aromatic rings. The number of piperidine rings is 1. The van der Waals surface area contributed by atoms with Crippen LogP contribution in [0, 0.1) is 0 Å². The molecule has 1 fully saturated rings. The summed E-state index contributed by atoms with van der Waals surface area (Å²) in [6.07, 6.45) is 5.46. The largest absolute Gasteiger partial charge is 0.295 e. The van der Waals surface area contributed by atoms with E-state index in [4.69, 9.17) is 0 Å². The average Bonchev–Trinajstić information content (AvgIpc) is 2.87. The van der Waals surface area contributed by atoms with Crippen molar-refractivity contribution in [2.24, 2.45) is 0 Å². The summed E-state index contributed by atoms with van der Waals surface area (Å²) in [4.78, 5) is 50.2. The number of halogens is 1. The van der Waals surface area contributed by atoms with Crippen molar-refractivity contribution in [3.63, 3.8) is 0 Å². The number of imide groups is 2. The molecule has 1 aromatic carbocycles. The standard InChI is InChI=1S/C19H21IN2O4/c20-11-4-2-1-3-6-12-7-5-8-13-16(12)19(26)22(18(13)25)14-9-10-15(23)21-17(14)24/h5,7-8,14H,1-4,6,9-11H2,(H,21,23,24). The SMILES string of the molecule is O=C1CCC(N2C(=O)c3cccc(CCCCCCI)c3C2=O)C(=O)N1. The van der Waals surface area contributed by atoms with Gasteiger partial charge >= 0.3 is 0 Å². The van der Waals surface area contributed by atoms with E-state index in [1.54, 1.807) is 12.1 Å². The number of benzene rings is 1. The molecule has 0 aliphatic carbocycles. The van der Waals surface area contributed by atoms with Gasteiger partial charge in [0.05, 0.1) is 11.1 Å². The summed E-state index contributed by atoms with van der Waals surface area (Å²) in [7, 11) is 0. The molecule has 138 valence electrons. The van der Waals surface area contributed by atoms with E-state index in [-0.39, 0.29) is 18.7 Å². The third kappa shape index (κ3) is 3.67. The zero-order chi connectivity index (χ0) is 18.7. The first-order chi connectivity index (χ1) is 12.5. The molecule has 26 heavy (non-hydrogen) atoms. The molecule has 6 nitrogen and oxygen atoms in total. The molecule has 0 saturated carbocycles. The first-order valence-electron chi connectivity index (χ1n) is 8.94. The van der Waals surface area contributed by atoms with Gasteiger partial charge in [-0.1, -0.05) is 47.6 Å². The van der Waals surface area contributed by atoms with Gasteiger partial charge in [-0.2, -0.15) is 0 Å². The first kappa shape index (κ1) is 19.0. The van der Waals surface area contributed by atoms with Gasteiger partial charge in [-0.3, -0.25) is 29.4 Å². The Hall–Kier alpha value is -1.77. The van der Waals surface area contributed by atoms with Gasteiger partial charge < -0.3 is 0 Å². The minimum atomic E-state index is -0.906. The summed E-state index contributed by atoms with van der Waals surface area (Å²) in [6.45, 7) is 0. The van der Waals surface area contributed by atoms with Gasteiger partial charge in [0.15, 0.2) is 0 Å². The molecule has 0 aromatic heterocycles. The summed E-state index contributed by atoms with van der Waals surface area (Å²) < 4.78 is 1.15. The average molecular weight is 468 g/mol. The van der Waals surface area contributed by atoms with Gasteiger partial charge in [0, 0.05) is 6.42 Å². The lowest BCUT2D eigenvalue weighted by Gasteiger charge is -2.27. The molecule has 0 radical (unpaired) electrons. The molecule has 1 unspecified atom stereocenters. The number of hydrogen-bond donors (Lipinski definition) is 1. The van der Waals surface area contributed by atoms with E-state index in [0.29, 0.717) is 11.1 Å². The number of nitrogens with one attached hydrogen (secondary N) is 1. The van der Waals surface area contributed by atoms with Crippen LogP contribution < -0.4 is 5.32 Å². The quantitative estimate of drug-likeness (QED) is 0.289. The third-order valence-electron chi connectivity index (χ3n) is 4.88. The highest BCUT2D eigenvalue weighted by molar-refractivity contribution is 14.1. The predicted molar refractivity (Wildman–Crippen MR) is 104 cm³/mol. The fourth-order valence-corrected chi connectivity index (χ4v) is 4.10. The van der Waals surface area contributed by atoms with Crippen LogP contribution in [0.3, 0.4) is 0 Å². The second kappa shape index (κ2) is 8.28. The topological polar surface area (TPSA) is 83.6 Å². The maximum atomic E-state index is 12.9. The number of hydrogen-bond acceptors (Lipinski definition) is 4. The fraction of sp³-hybridized carbons (Fsp3) is 0.474. The number of rotatable bonds is 7. The maximum Gasteiger partial charge on any atom is 0.262 e. The van der Waals surface area contributed by atoms with Gasteiger partial charge in [0.25, 0.3) is 11.8 Å². The Labute approximate surface area is 165 Å². The summed E-state index contributed by atoms with van der Waals surface area (Å²) in [5.74, 6) is -1.79. The second-order valence-corrected chi connectivity index (χ2v) is 7.72. The number of alkyl halides is 1. The zero-order valence-corrected chi connectivity index (χ0v) is 16.6. The second-order valence-electron chi connectivity index (χ2n) is 6.64. The molecule has 2 heterocycles. The van der Waals surface area contributed by atoms with Crippen LogP contribution in [0.15, 0.2) is 18.2 Å². The summed E-state index contributed by atoms with van der Waals surface area (Å²) in [6, 6.07) is 4.41. The van der Waals surface area contributed by atoms with Crippen LogP contribution in [0.4, 0.5) is 0 Å². The molecule has 7 heteroatoms. The molecule has 1 N–H and O–H groups in total. The molecule has 2 aliphatic rings. The van der Waals surface area contributed by atoms with E-state index in [9.17, 15) is 19.2 Å². The number of carbonyl (C=O) groups excluding carboxylic acids is 4. The molecule has 1 atom stereocenters. The summed E-state index contributed by atoms with van der Waals surface area (Å²) >= 11 is 2.36. The lowest BCUT2D eigenvalue weighted by molar-refractivity contribution is -0.136. The lowest BCUT2D eigenvalue weighted by atomic mass is 9.98. The molecule has 0 bridgehead atoms. The van der Waals surface area contributed by atoms with E-state index < -0.39 is 23.8 Å². The molecule has 4 amide bonds. The van der Waals surface area contributed by atoms with Crippen molar-refractivity contribution >= 4 is 46.2 Å². The van der Waals surface area contributed by atoms with E-state index in [1.807, 2.05) is 6.07 Å². The number of amides is 4. The van der Waals surface area contributed by atoms with Crippen molar-refractivity contribution in [2.45, 2.75) is 51.0 Å². The van der Waals surface area contributed by atoms with E-state index in [2.05, 4.69) is 27.9 Å². The van der Waals surface area contributed by atoms with Crippen molar-refractivity contribution in [2.75, 3.05) is 4.43 Å². The number of carbonyl (C=O) groups is 4. The van der Waals surface area contributed by atoms with Gasteiger partial charge in [0.1, 0.15) is 6.04 Å². The minimum absolute atomic E-state index is 0.132. The van der Waals surface area contributed by atoms with Crippen molar-refractivity contribution < 1.29 is 19.2 Å². The number of aryl methyl sites for hydroxylation is 1. The van der Waals surface area contributed by atoms with E-state index in [0.717, 1.165) is 40.6 Å². The van der Waals surface area contributed by atoms with E-state index in [1.165, 1.54) is 6.42 Å². The third-order valence-corrected chi connectivity index (χ3v) is 5.65. The molecular weight excluding hydrogens is 447 g/mol. The predicted octanol–water partition coefficient (Wildman–Crippen LogP) is 2.63. The molecule has 1 saturated heterocycles. The van der Waals surface area contributed by atoms with Gasteiger partial charge in [-0.25, -0.2) is 0 Å². The van der Waals surface area contributed by atoms with E-state index >= 15 is 0 Å². The highest BCUT2D eigenvalue weighted by Crippen LogP contribution is 2.30.